The Morgan fingerprint density at radius 1 is 1.19 bits per heavy atom. The lowest BCUT2D eigenvalue weighted by Gasteiger charge is -2.12. The lowest BCUT2D eigenvalue weighted by molar-refractivity contribution is 0.102. The van der Waals surface area contributed by atoms with Gasteiger partial charge in [0.1, 0.15) is 5.82 Å². The molecular weight excluding hydrogens is 291 g/mol. The number of aryl methyl sites for hydroxylation is 1. The van der Waals surface area contributed by atoms with Crippen LogP contribution in [0.25, 0.3) is 0 Å². The van der Waals surface area contributed by atoms with Crippen LogP contribution in [0.15, 0.2) is 36.4 Å². The molecule has 0 aliphatic carbocycles. The van der Waals surface area contributed by atoms with Crippen LogP contribution >= 0.6 is 11.6 Å². The second-order valence-corrected chi connectivity index (χ2v) is 5.09. The van der Waals surface area contributed by atoms with Gasteiger partial charge in [-0.1, -0.05) is 23.2 Å². The first kappa shape index (κ1) is 15.3. The standard InChI is InChI=1S/C16H16ClFN2O/c1-3-19-14-6-4-10(2)8-12(14)16(21)20-15-7-5-11(17)9-13(15)18/h4-9,19H,3H2,1-2H3,(H,20,21). The molecule has 2 aromatic carbocycles. The van der Waals surface area contributed by atoms with Gasteiger partial charge in [0.25, 0.3) is 5.91 Å². The Morgan fingerprint density at radius 3 is 2.57 bits per heavy atom. The second kappa shape index (κ2) is 6.59. The van der Waals surface area contributed by atoms with Crippen molar-refractivity contribution in [3.63, 3.8) is 0 Å². The molecule has 2 N–H and O–H groups in total. The van der Waals surface area contributed by atoms with Gasteiger partial charge in [0.15, 0.2) is 0 Å². The van der Waals surface area contributed by atoms with Crippen molar-refractivity contribution in [2.75, 3.05) is 17.2 Å². The molecule has 3 nitrogen and oxygen atoms in total. The van der Waals surface area contributed by atoms with Crippen LogP contribution < -0.4 is 10.6 Å². The summed E-state index contributed by atoms with van der Waals surface area (Å²) >= 11 is 5.70. The SMILES string of the molecule is CCNc1ccc(C)cc1C(=O)Nc1ccc(Cl)cc1F. The highest BCUT2D eigenvalue weighted by Crippen LogP contribution is 2.22. The summed E-state index contributed by atoms with van der Waals surface area (Å²) in [4.78, 5) is 12.3. The quantitative estimate of drug-likeness (QED) is 0.875. The van der Waals surface area contributed by atoms with Crippen molar-refractivity contribution in [3.05, 3.63) is 58.4 Å². The maximum absolute atomic E-state index is 13.7. The molecule has 0 radical (unpaired) electrons. The van der Waals surface area contributed by atoms with Gasteiger partial charge in [0, 0.05) is 17.3 Å². The summed E-state index contributed by atoms with van der Waals surface area (Å²) in [5.41, 5.74) is 2.26. The van der Waals surface area contributed by atoms with Gasteiger partial charge >= 0.3 is 0 Å². The van der Waals surface area contributed by atoms with Crippen molar-refractivity contribution in [1.82, 2.24) is 0 Å². The Labute approximate surface area is 128 Å². The van der Waals surface area contributed by atoms with E-state index in [4.69, 9.17) is 11.6 Å². The second-order valence-electron chi connectivity index (χ2n) is 4.66. The Kier molecular flexibility index (Phi) is 4.81. The van der Waals surface area contributed by atoms with Crippen molar-refractivity contribution in [2.24, 2.45) is 0 Å². The summed E-state index contributed by atoms with van der Waals surface area (Å²) < 4.78 is 13.7. The van der Waals surface area contributed by atoms with E-state index in [9.17, 15) is 9.18 Å². The summed E-state index contributed by atoms with van der Waals surface area (Å²) in [6.07, 6.45) is 0. The minimum absolute atomic E-state index is 0.105. The molecule has 0 unspecified atom stereocenters. The molecule has 1 amide bonds. The van der Waals surface area contributed by atoms with Crippen molar-refractivity contribution >= 4 is 28.9 Å². The number of amides is 1. The highest BCUT2D eigenvalue weighted by Gasteiger charge is 2.13. The monoisotopic (exact) mass is 306 g/mol. The fourth-order valence-corrected chi connectivity index (χ4v) is 2.13. The van der Waals surface area contributed by atoms with E-state index in [1.165, 1.54) is 18.2 Å². The lowest BCUT2D eigenvalue weighted by Crippen LogP contribution is -2.16. The Bertz CT molecular complexity index is 673. The number of nitrogens with one attached hydrogen (secondary N) is 2. The molecule has 2 rings (SSSR count). The van der Waals surface area contributed by atoms with Crippen molar-refractivity contribution in [1.29, 1.82) is 0 Å². The summed E-state index contributed by atoms with van der Waals surface area (Å²) in [6, 6.07) is 9.66. The van der Waals surface area contributed by atoms with Crippen LogP contribution in [0.2, 0.25) is 5.02 Å². The minimum Gasteiger partial charge on any atom is -0.385 e. The fourth-order valence-electron chi connectivity index (χ4n) is 1.97. The number of rotatable bonds is 4. The maximum atomic E-state index is 13.7. The summed E-state index contributed by atoms with van der Waals surface area (Å²) in [5, 5.41) is 5.97. The molecule has 0 spiro atoms. The molecule has 0 aliphatic heterocycles. The highest BCUT2D eigenvalue weighted by atomic mass is 35.5. The van der Waals surface area contributed by atoms with E-state index in [-0.39, 0.29) is 16.6 Å². The topological polar surface area (TPSA) is 41.1 Å². The molecule has 0 aliphatic rings. The molecule has 0 heterocycles. The van der Waals surface area contributed by atoms with Gasteiger partial charge in [0.2, 0.25) is 0 Å². The first-order valence-electron chi connectivity index (χ1n) is 6.62. The van der Waals surface area contributed by atoms with Crippen LogP contribution in [0, 0.1) is 12.7 Å². The number of halogens is 2. The summed E-state index contributed by atoms with van der Waals surface area (Å²) in [5.74, 6) is -0.927. The molecule has 0 atom stereocenters. The Hall–Kier alpha value is -2.07. The molecule has 0 aromatic heterocycles. The maximum Gasteiger partial charge on any atom is 0.257 e. The molecule has 110 valence electrons. The third-order valence-electron chi connectivity index (χ3n) is 2.97. The lowest BCUT2D eigenvalue weighted by atomic mass is 10.1. The van der Waals surface area contributed by atoms with Crippen LogP contribution in [-0.4, -0.2) is 12.5 Å². The number of carbonyl (C=O) groups is 1. The van der Waals surface area contributed by atoms with E-state index in [1.54, 1.807) is 6.07 Å². The van der Waals surface area contributed by atoms with E-state index < -0.39 is 5.82 Å². The average molecular weight is 307 g/mol. The summed E-state index contributed by atoms with van der Waals surface area (Å²) in [7, 11) is 0. The zero-order valence-electron chi connectivity index (χ0n) is 11.8. The predicted molar refractivity (Wildman–Crippen MR) is 84.7 cm³/mol. The molecule has 21 heavy (non-hydrogen) atoms. The average Bonchev–Trinajstić information content (AvgIpc) is 2.44. The fraction of sp³-hybridized carbons (Fsp3) is 0.188. The largest absolute Gasteiger partial charge is 0.385 e. The van der Waals surface area contributed by atoms with Crippen LogP contribution in [0.5, 0.6) is 0 Å². The number of anilines is 2. The zero-order chi connectivity index (χ0) is 15.4. The van der Waals surface area contributed by atoms with Gasteiger partial charge in [-0.2, -0.15) is 0 Å². The Morgan fingerprint density at radius 2 is 1.90 bits per heavy atom. The van der Waals surface area contributed by atoms with Crippen molar-refractivity contribution < 1.29 is 9.18 Å². The van der Waals surface area contributed by atoms with Crippen LogP contribution in [0.1, 0.15) is 22.8 Å². The van der Waals surface area contributed by atoms with E-state index in [0.717, 1.165) is 11.3 Å². The van der Waals surface area contributed by atoms with E-state index >= 15 is 0 Å². The minimum atomic E-state index is -0.562. The smallest absolute Gasteiger partial charge is 0.257 e. The van der Waals surface area contributed by atoms with Crippen LogP contribution in [-0.2, 0) is 0 Å². The first-order valence-corrected chi connectivity index (χ1v) is 7.00. The zero-order valence-corrected chi connectivity index (χ0v) is 12.6. The molecule has 2 aromatic rings. The normalized spacial score (nSPS) is 10.3. The van der Waals surface area contributed by atoms with E-state index in [2.05, 4.69) is 10.6 Å². The molecular formula is C16H16ClFN2O. The molecule has 0 saturated heterocycles. The van der Waals surface area contributed by atoms with Gasteiger partial charge in [0.05, 0.1) is 11.3 Å². The molecule has 5 heteroatoms. The van der Waals surface area contributed by atoms with Gasteiger partial charge in [-0.05, 0) is 44.2 Å². The van der Waals surface area contributed by atoms with Crippen molar-refractivity contribution in [3.8, 4) is 0 Å². The van der Waals surface area contributed by atoms with Gasteiger partial charge in [-0.3, -0.25) is 4.79 Å². The van der Waals surface area contributed by atoms with Crippen LogP contribution in [0.4, 0.5) is 15.8 Å². The highest BCUT2D eigenvalue weighted by molar-refractivity contribution is 6.30. The number of hydrogen-bond donors (Lipinski definition) is 2. The predicted octanol–water partition coefficient (Wildman–Crippen LogP) is 4.47. The number of carbonyl (C=O) groups excluding carboxylic acids is 1. The number of hydrogen-bond acceptors (Lipinski definition) is 2. The summed E-state index contributed by atoms with van der Waals surface area (Å²) in [6.45, 7) is 4.54. The third-order valence-corrected chi connectivity index (χ3v) is 3.20. The molecule has 0 bridgehead atoms. The number of benzene rings is 2. The van der Waals surface area contributed by atoms with Crippen molar-refractivity contribution in [2.45, 2.75) is 13.8 Å². The Balaban J connectivity index is 2.29. The van der Waals surface area contributed by atoms with Gasteiger partial charge in [-0.25, -0.2) is 4.39 Å². The first-order chi connectivity index (χ1) is 10.0. The van der Waals surface area contributed by atoms with E-state index in [0.29, 0.717) is 12.1 Å². The van der Waals surface area contributed by atoms with Gasteiger partial charge in [-0.15, -0.1) is 0 Å². The van der Waals surface area contributed by atoms with E-state index in [1.807, 2.05) is 26.0 Å². The molecule has 0 saturated carbocycles. The van der Waals surface area contributed by atoms with Gasteiger partial charge < -0.3 is 10.6 Å². The molecule has 0 fully saturated rings. The third kappa shape index (κ3) is 3.73. The van der Waals surface area contributed by atoms with Crippen LogP contribution in [0.3, 0.4) is 0 Å².